The fraction of sp³-hybridized carbons (Fsp3) is 0.304. The summed E-state index contributed by atoms with van der Waals surface area (Å²) in [5.41, 5.74) is 2.67. The van der Waals surface area contributed by atoms with Gasteiger partial charge in [-0.2, -0.15) is 0 Å². The van der Waals surface area contributed by atoms with E-state index in [4.69, 9.17) is 7.38 Å². The summed E-state index contributed by atoms with van der Waals surface area (Å²) < 4.78 is 11.5. The average Bonchev–Trinajstić information content (AvgIpc) is 2.67. The van der Waals surface area contributed by atoms with Crippen LogP contribution >= 0.6 is 0 Å². The molecule has 3 rings (SSSR count). The number of ether oxygens (including phenoxy) is 1. The molecule has 0 amide bonds. The van der Waals surface area contributed by atoms with Crippen molar-refractivity contribution in [3.63, 3.8) is 0 Å². The van der Waals surface area contributed by atoms with E-state index in [1.165, 1.54) is 0 Å². The molecule has 0 saturated heterocycles. The van der Waals surface area contributed by atoms with Crippen LogP contribution in [0.4, 0.5) is 0 Å². The van der Waals surface area contributed by atoms with Crippen molar-refractivity contribution in [3.8, 4) is 28.4 Å². The van der Waals surface area contributed by atoms with Gasteiger partial charge in [-0.15, -0.1) is 0 Å². The van der Waals surface area contributed by atoms with Crippen LogP contribution in [0.1, 0.15) is 40.2 Å². The molecule has 0 aliphatic rings. The molecule has 1 N–H and O–H groups in total. The molecule has 0 aromatic heterocycles. The van der Waals surface area contributed by atoms with Crippen LogP contribution < -0.4 is 7.38 Å². The Hall–Kier alpha value is -1.74. The predicted octanol–water partition coefficient (Wildman–Crippen LogP) is 6.39. The summed E-state index contributed by atoms with van der Waals surface area (Å²) in [5, 5.41) is 12.7. The third-order valence-corrected chi connectivity index (χ3v) is 5.55. The number of methoxy groups -OCH3 is 1. The molecule has 0 saturated carbocycles. The number of rotatable bonds is 3. The number of phenolic OH excluding ortho intramolecular Hbond substituents is 1. The molecule has 0 bridgehead atoms. The van der Waals surface area contributed by atoms with Crippen LogP contribution in [0.2, 0.25) is 0 Å². The second kappa shape index (κ2) is 8.96. The molecule has 0 aliphatic carbocycles. The molecule has 0 spiro atoms. The fourth-order valence-electron chi connectivity index (χ4n) is 3.16. The quantitative estimate of drug-likeness (QED) is 0.384. The van der Waals surface area contributed by atoms with E-state index in [-0.39, 0.29) is 37.7 Å². The first-order valence-corrected chi connectivity index (χ1v) is 11.5. The Bertz CT molecular complexity index is 927. The topological polar surface area (TPSA) is 38.7 Å². The zero-order valence-electron chi connectivity index (χ0n) is 17.1. The van der Waals surface area contributed by atoms with Gasteiger partial charge < -0.3 is 0 Å². The SMILES string of the molecule is CC.COc1cc(-c2c(O)ccc3ccccc23)c([O][Hg])c(C(C)(C)C)c1. The Kier molecular flexibility index (Phi) is 7.16. The number of aromatic hydroxyl groups is 1. The average molecular weight is 552 g/mol. The summed E-state index contributed by atoms with van der Waals surface area (Å²) >= 11 is 0.122. The predicted molar refractivity (Wildman–Crippen MR) is 108 cm³/mol. The molecule has 27 heavy (non-hydrogen) atoms. The van der Waals surface area contributed by atoms with E-state index in [1.807, 2.05) is 56.3 Å². The Labute approximate surface area is 179 Å². The molecule has 0 radical (unpaired) electrons. The van der Waals surface area contributed by atoms with Gasteiger partial charge in [0.1, 0.15) is 0 Å². The van der Waals surface area contributed by atoms with Crippen LogP contribution in [0.3, 0.4) is 0 Å². The van der Waals surface area contributed by atoms with E-state index >= 15 is 0 Å². The minimum absolute atomic E-state index is 0.0990. The van der Waals surface area contributed by atoms with E-state index in [9.17, 15) is 5.11 Å². The summed E-state index contributed by atoms with van der Waals surface area (Å²) in [7, 11) is 1.67. The molecule has 0 fully saturated rings. The van der Waals surface area contributed by atoms with E-state index in [1.54, 1.807) is 13.2 Å². The number of benzene rings is 3. The van der Waals surface area contributed by atoms with Crippen molar-refractivity contribution in [1.82, 2.24) is 0 Å². The van der Waals surface area contributed by atoms with E-state index in [0.717, 1.165) is 39.0 Å². The van der Waals surface area contributed by atoms with Crippen molar-refractivity contribution in [2.75, 3.05) is 7.11 Å². The minimum atomic E-state index is -0.0990. The van der Waals surface area contributed by atoms with Crippen molar-refractivity contribution in [1.29, 1.82) is 0 Å². The van der Waals surface area contributed by atoms with Crippen molar-refractivity contribution < 1.29 is 39.1 Å². The molecule has 3 aromatic carbocycles. The van der Waals surface area contributed by atoms with Gasteiger partial charge >= 0.3 is 166 Å². The zero-order valence-corrected chi connectivity index (χ0v) is 22.6. The molecule has 4 heteroatoms. The van der Waals surface area contributed by atoms with E-state index < -0.39 is 0 Å². The van der Waals surface area contributed by atoms with Gasteiger partial charge in [0.2, 0.25) is 0 Å². The third-order valence-electron chi connectivity index (χ3n) is 4.43. The molecule has 0 atom stereocenters. The van der Waals surface area contributed by atoms with Crippen LogP contribution in [0.25, 0.3) is 21.9 Å². The monoisotopic (exact) mass is 553 g/mol. The number of phenols is 1. The molecule has 0 aliphatic heterocycles. The molecule has 3 nitrogen and oxygen atoms in total. The van der Waals surface area contributed by atoms with Crippen LogP contribution in [0, 0.1) is 0 Å². The maximum absolute atomic E-state index is 10.7. The first-order chi connectivity index (χ1) is 12.9. The summed E-state index contributed by atoms with van der Waals surface area (Å²) in [5.74, 6) is 1.86. The van der Waals surface area contributed by atoms with Gasteiger partial charge in [-0.3, -0.25) is 0 Å². The van der Waals surface area contributed by atoms with Gasteiger partial charge in [0, 0.05) is 0 Å². The zero-order chi connectivity index (χ0) is 20.2. The van der Waals surface area contributed by atoms with E-state index in [2.05, 4.69) is 20.8 Å². The normalized spacial score (nSPS) is 11.0. The molecular formula is C23H27HgO3. The van der Waals surface area contributed by atoms with Crippen LogP contribution in [-0.4, -0.2) is 12.2 Å². The number of hydrogen-bond donors (Lipinski definition) is 1. The Morgan fingerprint density at radius 2 is 1.63 bits per heavy atom. The fourth-order valence-corrected chi connectivity index (χ4v) is 4.37. The summed E-state index contributed by atoms with van der Waals surface area (Å²) in [6.07, 6.45) is 0. The first-order valence-electron chi connectivity index (χ1n) is 9.22. The molecule has 0 unspecified atom stereocenters. The van der Waals surface area contributed by atoms with Crippen LogP contribution in [0.15, 0.2) is 48.5 Å². The standard InChI is InChI=1S/C21H22O3.C2H6.Hg/c1-21(2,3)17-12-14(24-4)11-16(20(17)23)19-15-8-6-5-7-13(15)9-10-18(19)22;1-2;/h5-12,22-23H,1-4H3;1-2H3;/q;;+1/p-1. The van der Waals surface area contributed by atoms with Crippen molar-refractivity contribution in [2.45, 2.75) is 40.0 Å². The van der Waals surface area contributed by atoms with Crippen molar-refractivity contribution in [2.24, 2.45) is 0 Å². The Morgan fingerprint density at radius 3 is 2.22 bits per heavy atom. The van der Waals surface area contributed by atoms with Gasteiger partial charge in [0.05, 0.1) is 0 Å². The Morgan fingerprint density at radius 1 is 0.963 bits per heavy atom. The van der Waals surface area contributed by atoms with Crippen LogP contribution in [0.5, 0.6) is 17.2 Å². The van der Waals surface area contributed by atoms with Gasteiger partial charge in [-0.05, 0) is 0 Å². The van der Waals surface area contributed by atoms with Crippen molar-refractivity contribution >= 4 is 10.8 Å². The van der Waals surface area contributed by atoms with E-state index in [0.29, 0.717) is 0 Å². The first kappa shape index (κ1) is 21.6. The van der Waals surface area contributed by atoms with Gasteiger partial charge in [0.25, 0.3) is 0 Å². The second-order valence-electron chi connectivity index (χ2n) is 7.13. The Balaban J connectivity index is 0.00000126. The third kappa shape index (κ3) is 4.40. The molecular weight excluding hydrogens is 525 g/mol. The number of hydrogen-bond acceptors (Lipinski definition) is 3. The summed E-state index contributed by atoms with van der Waals surface area (Å²) in [6.45, 7) is 10.5. The van der Waals surface area contributed by atoms with Gasteiger partial charge in [-0.25, -0.2) is 0 Å². The van der Waals surface area contributed by atoms with Gasteiger partial charge in [0.15, 0.2) is 0 Å². The van der Waals surface area contributed by atoms with Crippen molar-refractivity contribution in [3.05, 3.63) is 54.1 Å². The molecule has 0 heterocycles. The second-order valence-corrected chi connectivity index (χ2v) is 8.25. The number of fused-ring (bicyclic) bond motifs is 1. The molecule has 3 aromatic rings. The summed E-state index contributed by atoms with van der Waals surface area (Å²) in [6, 6.07) is 15.7. The maximum atomic E-state index is 10.7. The van der Waals surface area contributed by atoms with Gasteiger partial charge in [-0.1, -0.05) is 13.8 Å². The molecule has 139 valence electrons. The summed E-state index contributed by atoms with van der Waals surface area (Å²) in [4.78, 5) is 0. The van der Waals surface area contributed by atoms with Crippen LogP contribution in [-0.2, 0) is 32.0 Å².